The van der Waals surface area contributed by atoms with E-state index in [0.29, 0.717) is 0 Å². The molecular formula is C12H40O4Si4Ti. The van der Waals surface area contributed by atoms with Crippen molar-refractivity contribution in [2.24, 2.45) is 0 Å². The Bertz CT molecular complexity index is 143. The molecule has 0 unspecified atom stereocenters. The minimum atomic E-state index is -1.61. The normalized spacial score (nSPS) is 11.4. The first-order valence-electron chi connectivity index (χ1n) is 6.89. The van der Waals surface area contributed by atoms with Gasteiger partial charge in [0, 0.05) is 21.7 Å². The molecule has 0 aliphatic heterocycles. The second-order valence-corrected chi connectivity index (χ2v) is 26.0. The van der Waals surface area contributed by atoms with Crippen LogP contribution in [0.4, 0.5) is 0 Å². The van der Waals surface area contributed by atoms with Gasteiger partial charge in [0.15, 0.2) is 33.3 Å². The Morgan fingerprint density at radius 3 is 0.333 bits per heavy atom. The van der Waals surface area contributed by atoms with Gasteiger partial charge in [-0.2, -0.15) is 0 Å². The molecule has 0 aromatic heterocycles. The van der Waals surface area contributed by atoms with Crippen molar-refractivity contribution in [1.82, 2.24) is 0 Å². The van der Waals surface area contributed by atoms with E-state index in [0.717, 1.165) is 0 Å². The summed E-state index contributed by atoms with van der Waals surface area (Å²) in [6.45, 7) is 22.6. The third-order valence-electron chi connectivity index (χ3n) is 0. The average Bonchev–Trinajstić information content (AvgIpc) is 1.62. The van der Waals surface area contributed by atoms with Crippen molar-refractivity contribution in [3.63, 3.8) is 0 Å². The molecule has 0 rings (SSSR count). The van der Waals surface area contributed by atoms with Crippen LogP contribution in [-0.4, -0.2) is 52.5 Å². The van der Waals surface area contributed by atoms with Gasteiger partial charge in [-0.1, -0.05) is 0 Å². The third kappa shape index (κ3) is 4000. The van der Waals surface area contributed by atoms with E-state index in [2.05, 4.69) is 0 Å². The molecule has 0 radical (unpaired) electrons. The Kier molecular flexibility index (Phi) is 22.3. The van der Waals surface area contributed by atoms with Crippen LogP contribution in [0.5, 0.6) is 0 Å². The summed E-state index contributed by atoms with van der Waals surface area (Å²) < 4.78 is 0. The Balaban J connectivity index is -0.0000000533. The van der Waals surface area contributed by atoms with Crippen LogP contribution in [0.1, 0.15) is 0 Å². The van der Waals surface area contributed by atoms with Crippen LogP contribution >= 0.6 is 0 Å². The van der Waals surface area contributed by atoms with E-state index in [9.17, 15) is 0 Å². The Hall–Kier alpha value is 1.42. The Morgan fingerprint density at radius 1 is 0.333 bits per heavy atom. The molecule has 4 nitrogen and oxygen atoms in total. The second-order valence-electron chi connectivity index (χ2n) is 8.68. The maximum atomic E-state index is 8.66. The molecule has 0 aromatic carbocycles. The number of hydrogen-bond donors (Lipinski definition) is 4. The minimum absolute atomic E-state index is 0. The summed E-state index contributed by atoms with van der Waals surface area (Å²) in [5.41, 5.74) is 0. The zero-order valence-corrected chi connectivity index (χ0v) is 21.9. The maximum absolute atomic E-state index is 8.66. The van der Waals surface area contributed by atoms with E-state index < -0.39 is 33.3 Å². The fourth-order valence-electron chi connectivity index (χ4n) is 0. The predicted octanol–water partition coefficient (Wildman–Crippen LogP) is 3.25. The van der Waals surface area contributed by atoms with Gasteiger partial charge in [-0.25, -0.2) is 0 Å². The van der Waals surface area contributed by atoms with Gasteiger partial charge in [-0.05, 0) is 78.6 Å². The fourth-order valence-corrected chi connectivity index (χ4v) is 0. The van der Waals surface area contributed by atoms with Crippen LogP contribution in [0.2, 0.25) is 78.6 Å². The van der Waals surface area contributed by atoms with Crippen molar-refractivity contribution in [2.75, 3.05) is 0 Å². The number of hydrogen-bond acceptors (Lipinski definition) is 4. The maximum Gasteiger partial charge on any atom is 0.179 e. The van der Waals surface area contributed by atoms with Gasteiger partial charge in [-0.15, -0.1) is 0 Å². The van der Waals surface area contributed by atoms with Gasteiger partial charge in [-0.3, -0.25) is 0 Å². The van der Waals surface area contributed by atoms with Crippen LogP contribution in [0, 0.1) is 0 Å². The largest absolute Gasteiger partial charge is 0.433 e. The van der Waals surface area contributed by atoms with Gasteiger partial charge in [0.05, 0.1) is 0 Å². The van der Waals surface area contributed by atoms with Crippen molar-refractivity contribution in [3.8, 4) is 0 Å². The topological polar surface area (TPSA) is 80.9 Å². The molecule has 4 N–H and O–H groups in total. The smallest absolute Gasteiger partial charge is 0.179 e. The molecule has 0 aliphatic rings. The predicted molar refractivity (Wildman–Crippen MR) is 102 cm³/mol. The average molecular weight is 409 g/mol. The van der Waals surface area contributed by atoms with Crippen LogP contribution < -0.4 is 0 Å². The van der Waals surface area contributed by atoms with Crippen LogP contribution in [0.25, 0.3) is 0 Å². The van der Waals surface area contributed by atoms with Crippen molar-refractivity contribution in [3.05, 3.63) is 0 Å². The first-order chi connectivity index (χ1) is 8.00. The van der Waals surface area contributed by atoms with Crippen LogP contribution in [-0.2, 0) is 21.7 Å². The van der Waals surface area contributed by atoms with Gasteiger partial charge in [0.1, 0.15) is 0 Å². The van der Waals surface area contributed by atoms with Crippen molar-refractivity contribution in [2.45, 2.75) is 78.6 Å². The molecule has 0 amide bonds. The summed E-state index contributed by atoms with van der Waals surface area (Å²) >= 11 is 0. The molecule has 21 heavy (non-hydrogen) atoms. The summed E-state index contributed by atoms with van der Waals surface area (Å²) in [4.78, 5) is 34.6. The Labute approximate surface area is 152 Å². The molecule has 9 heteroatoms. The quantitative estimate of drug-likeness (QED) is 0.464. The van der Waals surface area contributed by atoms with Crippen LogP contribution in [0.15, 0.2) is 0 Å². The molecule has 0 saturated carbocycles. The van der Waals surface area contributed by atoms with Crippen molar-refractivity contribution < 1.29 is 40.9 Å². The van der Waals surface area contributed by atoms with E-state index >= 15 is 0 Å². The molecule has 0 aliphatic carbocycles. The molecule has 0 atom stereocenters. The molecule has 0 aromatic rings. The third-order valence-corrected chi connectivity index (χ3v) is 0. The van der Waals surface area contributed by atoms with E-state index in [-0.39, 0.29) is 21.7 Å². The van der Waals surface area contributed by atoms with Gasteiger partial charge in [0.25, 0.3) is 0 Å². The van der Waals surface area contributed by atoms with E-state index in [1.54, 1.807) is 0 Å². The molecule has 0 heterocycles. The fraction of sp³-hybridized carbons (Fsp3) is 1.00. The summed E-state index contributed by atoms with van der Waals surface area (Å²) in [7, 11) is -6.44. The van der Waals surface area contributed by atoms with Gasteiger partial charge < -0.3 is 19.2 Å². The van der Waals surface area contributed by atoms with Gasteiger partial charge >= 0.3 is 0 Å². The molecule has 0 fully saturated rings. The molecule has 0 spiro atoms. The standard InChI is InChI=1S/4C3H10OSi.Ti/c4*1-5(2,3)4;/h4*4H,1-3H3;. The molecule has 132 valence electrons. The van der Waals surface area contributed by atoms with E-state index in [4.69, 9.17) is 19.2 Å². The van der Waals surface area contributed by atoms with Crippen molar-refractivity contribution in [1.29, 1.82) is 0 Å². The summed E-state index contributed by atoms with van der Waals surface area (Å²) in [6, 6.07) is 0. The van der Waals surface area contributed by atoms with Crippen LogP contribution in [0.3, 0.4) is 0 Å². The minimum Gasteiger partial charge on any atom is -0.433 e. The SMILES string of the molecule is C[Si](C)(C)O.C[Si](C)(C)O.C[Si](C)(C)O.C[Si](C)(C)O.[Ti]. The zero-order valence-electron chi connectivity index (χ0n) is 16.3. The zero-order chi connectivity index (χ0) is 18.0. The van der Waals surface area contributed by atoms with Crippen molar-refractivity contribution >= 4 is 33.3 Å². The molecular weight excluding hydrogens is 368 g/mol. The van der Waals surface area contributed by atoms with E-state index in [1.807, 2.05) is 78.6 Å². The molecule has 0 saturated heterocycles. The first-order valence-corrected chi connectivity index (χ1v) is 20.7. The van der Waals surface area contributed by atoms with E-state index in [1.165, 1.54) is 0 Å². The van der Waals surface area contributed by atoms with Gasteiger partial charge in [0.2, 0.25) is 0 Å². The monoisotopic (exact) mass is 408 g/mol. The summed E-state index contributed by atoms with van der Waals surface area (Å²) in [6.07, 6.45) is 0. The molecule has 0 bridgehead atoms. The summed E-state index contributed by atoms with van der Waals surface area (Å²) in [5, 5.41) is 0. The Morgan fingerprint density at radius 2 is 0.333 bits per heavy atom. The number of rotatable bonds is 0. The first kappa shape index (κ1) is 33.9. The summed E-state index contributed by atoms with van der Waals surface area (Å²) in [5.74, 6) is 0. The second kappa shape index (κ2) is 13.8.